The van der Waals surface area contributed by atoms with Crippen LogP contribution in [-0.2, 0) is 21.2 Å². The molecular formula is C19H27NO4S. The molecule has 138 valence electrons. The van der Waals surface area contributed by atoms with Gasteiger partial charge in [0.25, 0.3) is 0 Å². The summed E-state index contributed by atoms with van der Waals surface area (Å²) >= 11 is 0. The van der Waals surface area contributed by atoms with Crippen molar-refractivity contribution in [2.45, 2.75) is 62.8 Å². The number of nitrogens with zero attached hydrogens (tertiary/aromatic N) is 1. The van der Waals surface area contributed by atoms with E-state index in [9.17, 15) is 13.2 Å². The fraction of sp³-hybridized carbons (Fsp3) is 0.632. The zero-order valence-electron chi connectivity index (χ0n) is 14.8. The first-order chi connectivity index (χ1) is 12.0. The van der Waals surface area contributed by atoms with Crippen LogP contribution in [-0.4, -0.2) is 43.4 Å². The first kappa shape index (κ1) is 18.2. The lowest BCUT2D eigenvalue weighted by molar-refractivity contribution is -0.132. The van der Waals surface area contributed by atoms with Crippen LogP contribution in [0.15, 0.2) is 24.3 Å². The monoisotopic (exact) mass is 365 g/mol. The molecule has 0 spiro atoms. The molecule has 2 saturated carbocycles. The van der Waals surface area contributed by atoms with Gasteiger partial charge in [0, 0.05) is 19.0 Å². The van der Waals surface area contributed by atoms with Crippen LogP contribution in [0.5, 0.6) is 5.75 Å². The maximum atomic E-state index is 12.7. The molecular weight excluding hydrogens is 338 g/mol. The Bertz CT molecular complexity index is 689. The molecule has 0 atom stereocenters. The second kappa shape index (κ2) is 7.77. The Hall–Kier alpha value is -1.56. The van der Waals surface area contributed by atoms with E-state index in [1.165, 1.54) is 0 Å². The predicted molar refractivity (Wildman–Crippen MR) is 97.2 cm³/mol. The zero-order valence-corrected chi connectivity index (χ0v) is 15.6. The smallest absolute Gasteiger partial charge is 0.224 e. The number of carbonyl (C=O) groups is 1. The van der Waals surface area contributed by atoms with Crippen molar-refractivity contribution in [1.82, 2.24) is 4.90 Å². The van der Waals surface area contributed by atoms with Crippen LogP contribution in [0, 0.1) is 0 Å². The summed E-state index contributed by atoms with van der Waals surface area (Å²) in [5.41, 5.74) is 1.04. The van der Waals surface area contributed by atoms with Gasteiger partial charge in [-0.3, -0.25) is 4.79 Å². The number of methoxy groups -OCH3 is 1. The third kappa shape index (κ3) is 4.75. The van der Waals surface area contributed by atoms with Crippen LogP contribution in [0.4, 0.5) is 0 Å². The van der Waals surface area contributed by atoms with Gasteiger partial charge in [-0.15, -0.1) is 0 Å². The number of ether oxygens (including phenoxy) is 1. The molecule has 1 amide bonds. The van der Waals surface area contributed by atoms with E-state index in [0.717, 1.165) is 49.8 Å². The largest absolute Gasteiger partial charge is 0.497 e. The summed E-state index contributed by atoms with van der Waals surface area (Å²) < 4.78 is 29.9. The molecule has 1 aromatic rings. The minimum absolute atomic E-state index is 0.0116. The molecule has 0 unspecified atom stereocenters. The van der Waals surface area contributed by atoms with Crippen LogP contribution in [0.1, 0.15) is 50.5 Å². The first-order valence-corrected chi connectivity index (χ1v) is 10.8. The van der Waals surface area contributed by atoms with Crippen molar-refractivity contribution < 1.29 is 17.9 Å². The van der Waals surface area contributed by atoms with E-state index in [-0.39, 0.29) is 29.4 Å². The minimum Gasteiger partial charge on any atom is -0.497 e. The van der Waals surface area contributed by atoms with Crippen molar-refractivity contribution in [1.29, 1.82) is 0 Å². The van der Waals surface area contributed by atoms with Crippen molar-refractivity contribution in [3.05, 3.63) is 29.8 Å². The Labute approximate surface area is 150 Å². The van der Waals surface area contributed by atoms with Crippen LogP contribution in [0.3, 0.4) is 0 Å². The van der Waals surface area contributed by atoms with Gasteiger partial charge in [-0.25, -0.2) is 8.42 Å². The molecule has 6 heteroatoms. The van der Waals surface area contributed by atoms with E-state index in [1.807, 2.05) is 29.2 Å². The summed E-state index contributed by atoms with van der Waals surface area (Å²) in [5.74, 6) is 0.734. The Morgan fingerprint density at radius 3 is 2.32 bits per heavy atom. The van der Waals surface area contributed by atoms with Crippen LogP contribution >= 0.6 is 0 Å². The fourth-order valence-electron chi connectivity index (χ4n) is 3.52. The molecule has 2 fully saturated rings. The van der Waals surface area contributed by atoms with Crippen molar-refractivity contribution in [3.8, 4) is 5.75 Å². The van der Waals surface area contributed by atoms with E-state index in [0.29, 0.717) is 6.54 Å². The quantitative estimate of drug-likeness (QED) is 0.710. The highest BCUT2D eigenvalue weighted by molar-refractivity contribution is 7.92. The van der Waals surface area contributed by atoms with Crippen LogP contribution in [0.2, 0.25) is 0 Å². The molecule has 25 heavy (non-hydrogen) atoms. The SMILES string of the molecule is COc1ccc(CN(C(=O)CCS(=O)(=O)C2CCCC2)C2CC2)cc1. The molecule has 0 N–H and O–H groups in total. The number of hydrogen-bond acceptors (Lipinski definition) is 4. The number of benzene rings is 1. The fourth-order valence-corrected chi connectivity index (χ4v) is 5.37. The third-order valence-electron chi connectivity index (χ3n) is 5.23. The standard InChI is InChI=1S/C19H27NO4S/c1-24-17-10-6-15(7-11-17)14-20(16-8-9-16)19(21)12-13-25(22,23)18-4-2-3-5-18/h6-7,10-11,16,18H,2-5,8-9,12-14H2,1H3. The minimum atomic E-state index is -3.14. The number of hydrogen-bond donors (Lipinski definition) is 0. The van der Waals surface area contributed by atoms with Crippen molar-refractivity contribution in [2.24, 2.45) is 0 Å². The molecule has 2 aliphatic carbocycles. The second-order valence-corrected chi connectivity index (χ2v) is 9.52. The molecule has 0 aromatic heterocycles. The predicted octanol–water partition coefficient (Wildman–Crippen LogP) is 2.93. The molecule has 0 aliphatic heterocycles. The molecule has 2 aliphatic rings. The maximum Gasteiger partial charge on any atom is 0.224 e. The Morgan fingerprint density at radius 1 is 1.12 bits per heavy atom. The molecule has 1 aromatic carbocycles. The number of carbonyl (C=O) groups excluding carboxylic acids is 1. The Kier molecular flexibility index (Phi) is 5.67. The summed E-state index contributed by atoms with van der Waals surface area (Å²) in [7, 11) is -1.51. The summed E-state index contributed by atoms with van der Waals surface area (Å²) in [6.45, 7) is 0.539. The lowest BCUT2D eigenvalue weighted by Crippen LogP contribution is -2.34. The normalized spacial score (nSPS) is 18.3. The molecule has 0 radical (unpaired) electrons. The lowest BCUT2D eigenvalue weighted by atomic mass is 10.2. The average Bonchev–Trinajstić information content (AvgIpc) is 3.29. The van der Waals surface area contributed by atoms with E-state index in [1.54, 1.807) is 7.11 Å². The van der Waals surface area contributed by atoms with Gasteiger partial charge in [0.2, 0.25) is 5.91 Å². The number of sulfone groups is 1. The molecule has 3 rings (SSSR count). The van der Waals surface area contributed by atoms with Gasteiger partial charge in [0.15, 0.2) is 9.84 Å². The number of rotatable bonds is 8. The average molecular weight is 365 g/mol. The summed E-state index contributed by atoms with van der Waals surface area (Å²) in [4.78, 5) is 14.5. The molecule has 0 saturated heterocycles. The maximum absolute atomic E-state index is 12.7. The van der Waals surface area contributed by atoms with Crippen molar-refractivity contribution >= 4 is 15.7 Å². The molecule has 0 bridgehead atoms. The van der Waals surface area contributed by atoms with E-state index in [2.05, 4.69) is 0 Å². The molecule has 0 heterocycles. The van der Waals surface area contributed by atoms with Gasteiger partial charge in [-0.05, 0) is 43.4 Å². The highest BCUT2D eigenvalue weighted by Gasteiger charge is 2.34. The third-order valence-corrected chi connectivity index (χ3v) is 7.49. The topological polar surface area (TPSA) is 63.7 Å². The van der Waals surface area contributed by atoms with Crippen LogP contribution in [0.25, 0.3) is 0 Å². The zero-order chi connectivity index (χ0) is 17.9. The van der Waals surface area contributed by atoms with Gasteiger partial charge in [-0.1, -0.05) is 25.0 Å². The van der Waals surface area contributed by atoms with Gasteiger partial charge >= 0.3 is 0 Å². The summed E-state index contributed by atoms with van der Waals surface area (Å²) in [5, 5.41) is -0.226. The van der Waals surface area contributed by atoms with E-state index < -0.39 is 9.84 Å². The lowest BCUT2D eigenvalue weighted by Gasteiger charge is -2.23. The van der Waals surface area contributed by atoms with Crippen molar-refractivity contribution in [3.63, 3.8) is 0 Å². The summed E-state index contributed by atoms with van der Waals surface area (Å²) in [6, 6.07) is 7.95. The highest BCUT2D eigenvalue weighted by Crippen LogP contribution is 2.30. The Balaban J connectivity index is 1.59. The number of amides is 1. The second-order valence-electron chi connectivity index (χ2n) is 7.12. The van der Waals surface area contributed by atoms with Crippen LogP contribution < -0.4 is 4.74 Å². The van der Waals surface area contributed by atoms with Gasteiger partial charge in [-0.2, -0.15) is 0 Å². The van der Waals surface area contributed by atoms with Gasteiger partial charge < -0.3 is 9.64 Å². The van der Waals surface area contributed by atoms with Crippen molar-refractivity contribution in [2.75, 3.05) is 12.9 Å². The van der Waals surface area contributed by atoms with E-state index in [4.69, 9.17) is 4.74 Å². The van der Waals surface area contributed by atoms with Gasteiger partial charge in [0.1, 0.15) is 5.75 Å². The molecule has 5 nitrogen and oxygen atoms in total. The van der Waals surface area contributed by atoms with E-state index >= 15 is 0 Å². The Morgan fingerprint density at radius 2 is 1.76 bits per heavy atom. The highest BCUT2D eigenvalue weighted by atomic mass is 32.2. The van der Waals surface area contributed by atoms with Gasteiger partial charge in [0.05, 0.1) is 18.1 Å². The first-order valence-electron chi connectivity index (χ1n) is 9.13. The summed E-state index contributed by atoms with van der Waals surface area (Å²) in [6.07, 6.45) is 5.62.